The molecule has 0 unspecified atom stereocenters. The molecule has 0 heterocycles. The van der Waals surface area contributed by atoms with Crippen molar-refractivity contribution in [1.29, 1.82) is 0 Å². The molecule has 2 N–H and O–H groups in total. The van der Waals surface area contributed by atoms with E-state index in [-0.39, 0.29) is 18.4 Å². The Labute approximate surface area is 123 Å². The lowest BCUT2D eigenvalue weighted by molar-refractivity contribution is -0.124. The maximum absolute atomic E-state index is 11.5. The standard InChI is InChI=1S/C14H19ClN2O3/c1-2-3-13(18)16-8-9-17-14(19)10-20-12-6-4-11(15)5-7-12/h4-7H,2-3,8-10H2,1H3,(H,16,18)(H,17,19). The van der Waals surface area contributed by atoms with Gasteiger partial charge in [-0.15, -0.1) is 0 Å². The summed E-state index contributed by atoms with van der Waals surface area (Å²) in [6, 6.07) is 6.78. The van der Waals surface area contributed by atoms with Crippen LogP contribution in [0.1, 0.15) is 19.8 Å². The van der Waals surface area contributed by atoms with Gasteiger partial charge >= 0.3 is 0 Å². The predicted molar refractivity (Wildman–Crippen MR) is 77.9 cm³/mol. The normalized spacial score (nSPS) is 9.90. The summed E-state index contributed by atoms with van der Waals surface area (Å²) in [4.78, 5) is 22.6. The lowest BCUT2D eigenvalue weighted by Crippen LogP contribution is -2.36. The van der Waals surface area contributed by atoms with Crippen molar-refractivity contribution in [2.24, 2.45) is 0 Å². The van der Waals surface area contributed by atoms with Crippen LogP contribution >= 0.6 is 11.6 Å². The van der Waals surface area contributed by atoms with E-state index in [1.54, 1.807) is 24.3 Å². The molecule has 20 heavy (non-hydrogen) atoms. The molecule has 1 rings (SSSR count). The summed E-state index contributed by atoms with van der Waals surface area (Å²) >= 11 is 5.74. The van der Waals surface area contributed by atoms with Crippen molar-refractivity contribution in [3.63, 3.8) is 0 Å². The fourth-order valence-corrected chi connectivity index (χ4v) is 1.58. The number of rotatable bonds is 8. The molecule has 0 fully saturated rings. The highest BCUT2D eigenvalue weighted by atomic mass is 35.5. The van der Waals surface area contributed by atoms with Crippen LogP contribution in [0.2, 0.25) is 5.02 Å². The lowest BCUT2D eigenvalue weighted by Gasteiger charge is -2.08. The molecule has 0 saturated heterocycles. The van der Waals surface area contributed by atoms with Gasteiger partial charge in [0.1, 0.15) is 5.75 Å². The summed E-state index contributed by atoms with van der Waals surface area (Å²) in [7, 11) is 0. The fraction of sp³-hybridized carbons (Fsp3) is 0.429. The number of hydrogen-bond donors (Lipinski definition) is 2. The van der Waals surface area contributed by atoms with Gasteiger partial charge in [-0.25, -0.2) is 0 Å². The van der Waals surface area contributed by atoms with Crippen molar-refractivity contribution < 1.29 is 14.3 Å². The van der Waals surface area contributed by atoms with Gasteiger partial charge in [0.2, 0.25) is 5.91 Å². The van der Waals surface area contributed by atoms with Crippen molar-refractivity contribution in [3.05, 3.63) is 29.3 Å². The second-order valence-electron chi connectivity index (χ2n) is 4.19. The van der Waals surface area contributed by atoms with Gasteiger partial charge in [0.15, 0.2) is 6.61 Å². The number of carbonyl (C=O) groups excluding carboxylic acids is 2. The Hall–Kier alpha value is -1.75. The zero-order valence-electron chi connectivity index (χ0n) is 11.4. The maximum Gasteiger partial charge on any atom is 0.258 e. The van der Waals surface area contributed by atoms with E-state index >= 15 is 0 Å². The van der Waals surface area contributed by atoms with Crippen LogP contribution in [0.4, 0.5) is 0 Å². The van der Waals surface area contributed by atoms with Gasteiger partial charge in [-0.05, 0) is 30.7 Å². The SMILES string of the molecule is CCCC(=O)NCCNC(=O)COc1ccc(Cl)cc1. The van der Waals surface area contributed by atoms with E-state index in [9.17, 15) is 9.59 Å². The second-order valence-corrected chi connectivity index (χ2v) is 4.63. The van der Waals surface area contributed by atoms with Gasteiger partial charge in [0.05, 0.1) is 0 Å². The van der Waals surface area contributed by atoms with Gasteiger partial charge in [-0.1, -0.05) is 18.5 Å². The van der Waals surface area contributed by atoms with Crippen LogP contribution in [0.25, 0.3) is 0 Å². The Morgan fingerprint density at radius 3 is 2.30 bits per heavy atom. The Balaban J connectivity index is 2.11. The minimum Gasteiger partial charge on any atom is -0.484 e. The lowest BCUT2D eigenvalue weighted by atomic mass is 10.3. The third-order valence-corrected chi connectivity index (χ3v) is 2.68. The number of ether oxygens (including phenoxy) is 1. The number of benzene rings is 1. The quantitative estimate of drug-likeness (QED) is 0.719. The molecule has 2 amide bonds. The topological polar surface area (TPSA) is 67.4 Å². The summed E-state index contributed by atoms with van der Waals surface area (Å²) in [6.45, 7) is 2.68. The van der Waals surface area contributed by atoms with E-state index in [4.69, 9.17) is 16.3 Å². The zero-order chi connectivity index (χ0) is 14.8. The number of hydrogen-bond acceptors (Lipinski definition) is 3. The number of carbonyl (C=O) groups is 2. The summed E-state index contributed by atoms with van der Waals surface area (Å²) in [6.07, 6.45) is 1.32. The molecule has 0 aromatic heterocycles. The number of amides is 2. The van der Waals surface area contributed by atoms with Gasteiger partial charge in [-0.2, -0.15) is 0 Å². The van der Waals surface area contributed by atoms with Crippen LogP contribution in [0.5, 0.6) is 5.75 Å². The van der Waals surface area contributed by atoms with Gasteiger partial charge in [0, 0.05) is 24.5 Å². The van der Waals surface area contributed by atoms with Crippen LogP contribution in [0.3, 0.4) is 0 Å². The Bertz CT molecular complexity index is 435. The van der Waals surface area contributed by atoms with Crippen molar-refractivity contribution in [3.8, 4) is 5.75 Å². The summed E-state index contributed by atoms with van der Waals surface area (Å²) < 4.78 is 5.28. The van der Waals surface area contributed by atoms with Gasteiger partial charge < -0.3 is 15.4 Å². The first-order chi connectivity index (χ1) is 9.61. The molecule has 110 valence electrons. The smallest absolute Gasteiger partial charge is 0.258 e. The summed E-state index contributed by atoms with van der Waals surface area (Å²) in [5.74, 6) is 0.352. The average Bonchev–Trinajstić information content (AvgIpc) is 2.43. The molecule has 0 atom stereocenters. The van der Waals surface area contributed by atoms with Crippen LogP contribution in [-0.2, 0) is 9.59 Å². The van der Waals surface area contributed by atoms with E-state index in [2.05, 4.69) is 10.6 Å². The highest BCUT2D eigenvalue weighted by Crippen LogP contribution is 2.15. The van der Waals surface area contributed by atoms with E-state index in [1.807, 2.05) is 6.92 Å². The summed E-state index contributed by atoms with van der Waals surface area (Å²) in [5.41, 5.74) is 0. The molecule has 1 aromatic rings. The van der Waals surface area contributed by atoms with Crippen LogP contribution in [-0.4, -0.2) is 31.5 Å². The Morgan fingerprint density at radius 2 is 1.70 bits per heavy atom. The second kappa shape index (κ2) is 9.20. The largest absolute Gasteiger partial charge is 0.484 e. The third-order valence-electron chi connectivity index (χ3n) is 2.43. The molecule has 1 aromatic carbocycles. The molecule has 5 nitrogen and oxygen atoms in total. The van der Waals surface area contributed by atoms with Crippen molar-refractivity contribution in [2.75, 3.05) is 19.7 Å². The van der Waals surface area contributed by atoms with Gasteiger partial charge in [0.25, 0.3) is 5.91 Å². The maximum atomic E-state index is 11.5. The first-order valence-electron chi connectivity index (χ1n) is 6.53. The van der Waals surface area contributed by atoms with Crippen molar-refractivity contribution in [1.82, 2.24) is 10.6 Å². The highest BCUT2D eigenvalue weighted by Gasteiger charge is 2.03. The number of halogens is 1. The molecule has 0 radical (unpaired) electrons. The first-order valence-corrected chi connectivity index (χ1v) is 6.91. The van der Waals surface area contributed by atoms with E-state index in [0.29, 0.717) is 30.3 Å². The molecular formula is C14H19ClN2O3. The van der Waals surface area contributed by atoms with E-state index < -0.39 is 0 Å². The third kappa shape index (κ3) is 6.99. The Morgan fingerprint density at radius 1 is 1.10 bits per heavy atom. The molecule has 0 aliphatic heterocycles. The van der Waals surface area contributed by atoms with Crippen LogP contribution < -0.4 is 15.4 Å². The van der Waals surface area contributed by atoms with Crippen molar-refractivity contribution in [2.45, 2.75) is 19.8 Å². The molecular weight excluding hydrogens is 280 g/mol. The van der Waals surface area contributed by atoms with Crippen LogP contribution in [0.15, 0.2) is 24.3 Å². The zero-order valence-corrected chi connectivity index (χ0v) is 12.2. The Kier molecular flexibility index (Phi) is 7.50. The van der Waals surface area contributed by atoms with Gasteiger partial charge in [-0.3, -0.25) is 9.59 Å². The predicted octanol–water partition coefficient (Wildman–Crippen LogP) is 1.75. The minimum atomic E-state index is -0.232. The first kappa shape index (κ1) is 16.3. The molecule has 0 aliphatic carbocycles. The van der Waals surface area contributed by atoms with E-state index in [0.717, 1.165) is 6.42 Å². The monoisotopic (exact) mass is 298 g/mol. The minimum absolute atomic E-state index is 0.000775. The van der Waals surface area contributed by atoms with Crippen molar-refractivity contribution >= 4 is 23.4 Å². The van der Waals surface area contributed by atoms with Crippen LogP contribution in [0, 0.1) is 0 Å². The fourth-order valence-electron chi connectivity index (χ4n) is 1.45. The highest BCUT2D eigenvalue weighted by molar-refractivity contribution is 6.30. The average molecular weight is 299 g/mol. The number of nitrogens with one attached hydrogen (secondary N) is 2. The molecule has 0 spiro atoms. The summed E-state index contributed by atoms with van der Waals surface area (Å²) in [5, 5.41) is 5.98. The van der Waals surface area contributed by atoms with E-state index in [1.165, 1.54) is 0 Å². The molecule has 0 bridgehead atoms. The molecule has 6 heteroatoms. The molecule has 0 saturated carbocycles. The molecule has 0 aliphatic rings.